The fourth-order valence-corrected chi connectivity index (χ4v) is 3.38. The van der Waals surface area contributed by atoms with Gasteiger partial charge in [-0.2, -0.15) is 0 Å². The lowest BCUT2D eigenvalue weighted by Crippen LogP contribution is -2.45. The number of amides is 1. The molecule has 0 spiro atoms. The van der Waals surface area contributed by atoms with E-state index in [9.17, 15) is 4.79 Å². The van der Waals surface area contributed by atoms with Gasteiger partial charge in [-0.05, 0) is 29.3 Å². The normalized spacial score (nSPS) is 15.3. The number of hydrogen-bond donors (Lipinski definition) is 1. The van der Waals surface area contributed by atoms with Crippen molar-refractivity contribution in [2.45, 2.75) is 18.4 Å². The monoisotopic (exact) mass is 349 g/mol. The summed E-state index contributed by atoms with van der Waals surface area (Å²) in [6.45, 7) is 0.417. The van der Waals surface area contributed by atoms with Crippen LogP contribution in [0.4, 0.5) is 0 Å². The predicted molar refractivity (Wildman–Crippen MR) is 92.4 cm³/mol. The number of nitrogens with one attached hydrogen (secondary N) is 1. The SMILES string of the molecule is COC1(CNC(=O)c2cc(Cl)ccc2Cl)Cc2ccccc2C1. The standard InChI is InChI=1S/C18H17Cl2NO2/c1-23-18(9-12-4-2-3-5-13(12)10-18)11-21-17(22)15-8-14(19)6-7-16(15)20/h2-8H,9-11H2,1H3,(H,21,22). The van der Waals surface area contributed by atoms with Gasteiger partial charge < -0.3 is 10.1 Å². The molecule has 1 N–H and O–H groups in total. The Kier molecular flexibility index (Phi) is 4.62. The lowest BCUT2D eigenvalue weighted by atomic mass is 10.00. The van der Waals surface area contributed by atoms with Crippen LogP contribution < -0.4 is 5.32 Å². The van der Waals surface area contributed by atoms with Crippen LogP contribution in [-0.4, -0.2) is 25.2 Å². The summed E-state index contributed by atoms with van der Waals surface area (Å²) in [7, 11) is 1.68. The summed E-state index contributed by atoms with van der Waals surface area (Å²) in [6, 6.07) is 13.1. The van der Waals surface area contributed by atoms with Crippen LogP contribution in [0, 0.1) is 0 Å². The van der Waals surface area contributed by atoms with E-state index in [1.165, 1.54) is 11.1 Å². The zero-order valence-corrected chi connectivity index (χ0v) is 14.2. The fraction of sp³-hybridized carbons (Fsp3) is 0.278. The molecule has 0 aromatic heterocycles. The molecular weight excluding hydrogens is 333 g/mol. The average molecular weight is 350 g/mol. The molecule has 0 saturated heterocycles. The molecule has 0 bridgehead atoms. The van der Waals surface area contributed by atoms with E-state index in [1.807, 2.05) is 12.1 Å². The number of halogens is 2. The average Bonchev–Trinajstić information content (AvgIpc) is 2.94. The van der Waals surface area contributed by atoms with Gasteiger partial charge in [-0.3, -0.25) is 4.79 Å². The predicted octanol–water partition coefficient (Wildman–Crippen LogP) is 3.91. The molecular formula is C18H17Cl2NO2. The van der Waals surface area contributed by atoms with Gasteiger partial charge in [-0.1, -0.05) is 47.5 Å². The van der Waals surface area contributed by atoms with E-state index in [2.05, 4.69) is 17.4 Å². The summed E-state index contributed by atoms with van der Waals surface area (Å²) in [4.78, 5) is 12.4. The minimum atomic E-state index is -0.412. The van der Waals surface area contributed by atoms with Crippen LogP contribution in [0.2, 0.25) is 10.0 Å². The summed E-state index contributed by atoms with van der Waals surface area (Å²) >= 11 is 12.0. The zero-order valence-electron chi connectivity index (χ0n) is 12.7. The minimum Gasteiger partial charge on any atom is -0.376 e. The number of carbonyl (C=O) groups is 1. The Labute approximate surface area is 145 Å². The highest BCUT2D eigenvalue weighted by molar-refractivity contribution is 6.35. The molecule has 1 amide bonds. The van der Waals surface area contributed by atoms with Crippen molar-refractivity contribution < 1.29 is 9.53 Å². The van der Waals surface area contributed by atoms with Crippen LogP contribution in [-0.2, 0) is 17.6 Å². The van der Waals surface area contributed by atoms with Crippen molar-refractivity contribution in [2.24, 2.45) is 0 Å². The van der Waals surface area contributed by atoms with Crippen molar-refractivity contribution in [3.8, 4) is 0 Å². The molecule has 0 aliphatic heterocycles. The van der Waals surface area contributed by atoms with Gasteiger partial charge in [0.05, 0.1) is 16.2 Å². The number of fused-ring (bicyclic) bond motifs is 1. The number of methoxy groups -OCH3 is 1. The van der Waals surface area contributed by atoms with E-state index in [0.717, 1.165) is 12.8 Å². The lowest BCUT2D eigenvalue weighted by Gasteiger charge is -2.27. The molecule has 3 nitrogen and oxygen atoms in total. The molecule has 1 aliphatic carbocycles. The third kappa shape index (κ3) is 3.37. The summed E-state index contributed by atoms with van der Waals surface area (Å²) in [6.07, 6.45) is 1.56. The minimum absolute atomic E-state index is 0.245. The van der Waals surface area contributed by atoms with Gasteiger partial charge in [-0.25, -0.2) is 0 Å². The third-order valence-corrected chi connectivity index (χ3v) is 4.89. The van der Waals surface area contributed by atoms with E-state index in [4.69, 9.17) is 27.9 Å². The molecule has 0 unspecified atom stereocenters. The second-order valence-corrected chi connectivity index (χ2v) is 6.66. The number of ether oxygens (including phenoxy) is 1. The Balaban J connectivity index is 1.72. The fourth-order valence-electron chi connectivity index (χ4n) is 3.01. The molecule has 5 heteroatoms. The highest BCUT2D eigenvalue weighted by Gasteiger charge is 2.37. The molecule has 23 heavy (non-hydrogen) atoms. The first-order chi connectivity index (χ1) is 11.0. The molecule has 2 aromatic carbocycles. The molecule has 2 aromatic rings. The van der Waals surface area contributed by atoms with E-state index >= 15 is 0 Å². The second kappa shape index (κ2) is 6.52. The maximum absolute atomic E-state index is 12.4. The number of carbonyl (C=O) groups excluding carboxylic acids is 1. The maximum atomic E-state index is 12.4. The third-order valence-electron chi connectivity index (χ3n) is 4.32. The van der Waals surface area contributed by atoms with Crippen molar-refractivity contribution in [1.82, 2.24) is 5.32 Å². The quantitative estimate of drug-likeness (QED) is 0.908. The molecule has 3 rings (SSSR count). The second-order valence-electron chi connectivity index (χ2n) is 5.82. The number of benzene rings is 2. The van der Waals surface area contributed by atoms with Crippen LogP contribution in [0.25, 0.3) is 0 Å². The van der Waals surface area contributed by atoms with E-state index in [1.54, 1.807) is 25.3 Å². The number of rotatable bonds is 4. The Morgan fingerprint density at radius 3 is 2.43 bits per heavy atom. The first kappa shape index (κ1) is 16.3. The van der Waals surface area contributed by atoms with Crippen LogP contribution in [0.5, 0.6) is 0 Å². The summed E-state index contributed by atoms with van der Waals surface area (Å²) in [5.74, 6) is -0.245. The summed E-state index contributed by atoms with van der Waals surface area (Å²) in [5.41, 5.74) is 2.50. The number of hydrogen-bond acceptors (Lipinski definition) is 2. The van der Waals surface area contributed by atoms with E-state index in [-0.39, 0.29) is 5.91 Å². The van der Waals surface area contributed by atoms with Crippen molar-refractivity contribution in [3.63, 3.8) is 0 Å². The van der Waals surface area contributed by atoms with Gasteiger partial charge in [-0.15, -0.1) is 0 Å². The van der Waals surface area contributed by atoms with Gasteiger partial charge >= 0.3 is 0 Å². The molecule has 0 saturated carbocycles. The molecule has 0 atom stereocenters. The molecule has 0 heterocycles. The van der Waals surface area contributed by atoms with Crippen LogP contribution in [0.15, 0.2) is 42.5 Å². The highest BCUT2D eigenvalue weighted by atomic mass is 35.5. The largest absolute Gasteiger partial charge is 0.376 e. The molecule has 1 aliphatic rings. The Morgan fingerprint density at radius 1 is 1.17 bits per heavy atom. The first-order valence-electron chi connectivity index (χ1n) is 7.38. The lowest BCUT2D eigenvalue weighted by molar-refractivity contribution is 0.000177. The van der Waals surface area contributed by atoms with Crippen LogP contribution in [0.3, 0.4) is 0 Å². The molecule has 0 fully saturated rings. The van der Waals surface area contributed by atoms with Gasteiger partial charge in [0.1, 0.15) is 0 Å². The van der Waals surface area contributed by atoms with Crippen LogP contribution in [0.1, 0.15) is 21.5 Å². The zero-order chi connectivity index (χ0) is 16.4. The molecule has 120 valence electrons. The Hall–Kier alpha value is -1.55. The Bertz CT molecular complexity index is 721. The summed E-state index contributed by atoms with van der Waals surface area (Å²) < 4.78 is 5.75. The van der Waals surface area contributed by atoms with Gasteiger partial charge in [0.2, 0.25) is 0 Å². The van der Waals surface area contributed by atoms with Gasteiger partial charge in [0, 0.05) is 31.5 Å². The van der Waals surface area contributed by atoms with E-state index < -0.39 is 5.60 Å². The van der Waals surface area contributed by atoms with Crippen molar-refractivity contribution >= 4 is 29.1 Å². The van der Waals surface area contributed by atoms with Gasteiger partial charge in [0.15, 0.2) is 0 Å². The van der Waals surface area contributed by atoms with E-state index in [0.29, 0.717) is 22.2 Å². The summed E-state index contributed by atoms with van der Waals surface area (Å²) in [5, 5.41) is 3.79. The first-order valence-corrected chi connectivity index (χ1v) is 8.14. The van der Waals surface area contributed by atoms with Crippen LogP contribution >= 0.6 is 23.2 Å². The maximum Gasteiger partial charge on any atom is 0.252 e. The van der Waals surface area contributed by atoms with Crippen molar-refractivity contribution in [2.75, 3.05) is 13.7 Å². The Morgan fingerprint density at radius 2 is 1.83 bits per heavy atom. The topological polar surface area (TPSA) is 38.3 Å². The molecule has 0 radical (unpaired) electrons. The van der Waals surface area contributed by atoms with Crippen molar-refractivity contribution in [1.29, 1.82) is 0 Å². The highest BCUT2D eigenvalue weighted by Crippen LogP contribution is 2.32. The smallest absolute Gasteiger partial charge is 0.252 e. The van der Waals surface area contributed by atoms with Crippen molar-refractivity contribution in [3.05, 3.63) is 69.2 Å². The van der Waals surface area contributed by atoms with Gasteiger partial charge in [0.25, 0.3) is 5.91 Å².